The summed E-state index contributed by atoms with van der Waals surface area (Å²) >= 11 is 0. The molecule has 0 spiro atoms. The minimum Gasteiger partial charge on any atom is -0.476 e. The summed E-state index contributed by atoms with van der Waals surface area (Å²) in [5, 5.41) is 13.1. The van der Waals surface area contributed by atoms with E-state index in [9.17, 15) is 5.11 Å². The summed E-state index contributed by atoms with van der Waals surface area (Å²) < 4.78 is 5.81. The van der Waals surface area contributed by atoms with Gasteiger partial charge in [-0.2, -0.15) is 0 Å². The molecular formula is C15H23NO2. The van der Waals surface area contributed by atoms with Crippen molar-refractivity contribution in [1.82, 2.24) is 5.32 Å². The summed E-state index contributed by atoms with van der Waals surface area (Å²) in [5.74, 6) is 0.886. The smallest absolute Gasteiger partial charge is 0.147 e. The predicted molar refractivity (Wildman–Crippen MR) is 72.7 cm³/mol. The van der Waals surface area contributed by atoms with Gasteiger partial charge in [0.25, 0.3) is 0 Å². The number of aryl methyl sites for hydroxylation is 1. The van der Waals surface area contributed by atoms with Gasteiger partial charge in [-0.05, 0) is 51.7 Å². The Balaban J connectivity index is 1.81. The number of hydrogen-bond donors (Lipinski definition) is 2. The van der Waals surface area contributed by atoms with E-state index in [4.69, 9.17) is 4.74 Å². The van der Waals surface area contributed by atoms with Crippen molar-refractivity contribution in [1.29, 1.82) is 0 Å². The third kappa shape index (κ3) is 4.00. The molecule has 1 aromatic carbocycles. The molecule has 0 radical (unpaired) electrons. The van der Waals surface area contributed by atoms with Crippen molar-refractivity contribution in [2.75, 3.05) is 0 Å². The second kappa shape index (κ2) is 6.21. The van der Waals surface area contributed by atoms with Crippen LogP contribution in [0, 0.1) is 6.92 Å². The van der Waals surface area contributed by atoms with Gasteiger partial charge in [0, 0.05) is 6.04 Å². The lowest BCUT2D eigenvalue weighted by Gasteiger charge is -2.29. The molecule has 0 amide bonds. The van der Waals surface area contributed by atoms with E-state index in [-0.39, 0.29) is 12.3 Å². The van der Waals surface area contributed by atoms with Gasteiger partial charge in [-0.25, -0.2) is 0 Å². The summed E-state index contributed by atoms with van der Waals surface area (Å²) in [7, 11) is 0. The molecule has 2 N–H and O–H groups in total. The SMILES string of the molecule is Cc1ccc(OC(C)NC2CCCC(O)C2)cc1. The van der Waals surface area contributed by atoms with Crippen LogP contribution in [0.15, 0.2) is 24.3 Å². The molecule has 3 atom stereocenters. The quantitative estimate of drug-likeness (QED) is 0.806. The van der Waals surface area contributed by atoms with E-state index < -0.39 is 0 Å². The molecule has 0 aliphatic heterocycles. The van der Waals surface area contributed by atoms with Crippen LogP contribution in [0.5, 0.6) is 5.75 Å². The van der Waals surface area contributed by atoms with Crippen LogP contribution >= 0.6 is 0 Å². The summed E-state index contributed by atoms with van der Waals surface area (Å²) in [5.41, 5.74) is 1.23. The molecule has 0 bridgehead atoms. The molecule has 1 aliphatic rings. The lowest BCUT2D eigenvalue weighted by atomic mass is 9.93. The molecule has 3 unspecified atom stereocenters. The molecule has 0 heterocycles. The van der Waals surface area contributed by atoms with E-state index >= 15 is 0 Å². The van der Waals surface area contributed by atoms with Crippen LogP contribution in [0.25, 0.3) is 0 Å². The van der Waals surface area contributed by atoms with Crippen molar-refractivity contribution in [3.05, 3.63) is 29.8 Å². The lowest BCUT2D eigenvalue weighted by molar-refractivity contribution is 0.0874. The maximum absolute atomic E-state index is 9.63. The van der Waals surface area contributed by atoms with Crippen molar-refractivity contribution >= 4 is 0 Å². The second-order valence-corrected chi connectivity index (χ2v) is 5.26. The normalized spacial score (nSPS) is 25.7. The van der Waals surface area contributed by atoms with Gasteiger partial charge in [0.05, 0.1) is 6.10 Å². The maximum Gasteiger partial charge on any atom is 0.147 e. The van der Waals surface area contributed by atoms with Crippen molar-refractivity contribution in [2.45, 2.75) is 57.9 Å². The largest absolute Gasteiger partial charge is 0.476 e. The third-order valence-corrected chi connectivity index (χ3v) is 3.45. The highest BCUT2D eigenvalue weighted by atomic mass is 16.5. The molecule has 2 rings (SSSR count). The number of aliphatic hydroxyl groups excluding tert-OH is 1. The number of ether oxygens (including phenoxy) is 1. The molecule has 0 aromatic heterocycles. The number of benzene rings is 1. The van der Waals surface area contributed by atoms with Crippen LogP contribution in [-0.2, 0) is 0 Å². The van der Waals surface area contributed by atoms with Gasteiger partial charge in [0.2, 0.25) is 0 Å². The van der Waals surface area contributed by atoms with Crippen LogP contribution in [0.2, 0.25) is 0 Å². The summed E-state index contributed by atoms with van der Waals surface area (Å²) in [6, 6.07) is 8.44. The minimum absolute atomic E-state index is 0.0250. The van der Waals surface area contributed by atoms with Gasteiger partial charge in [-0.1, -0.05) is 17.7 Å². The number of hydrogen-bond acceptors (Lipinski definition) is 3. The van der Waals surface area contributed by atoms with Crippen molar-refractivity contribution in [3.8, 4) is 5.75 Å². The summed E-state index contributed by atoms with van der Waals surface area (Å²) in [6.07, 6.45) is 3.81. The molecule has 3 nitrogen and oxygen atoms in total. The van der Waals surface area contributed by atoms with Gasteiger partial charge in [-0.3, -0.25) is 5.32 Å². The van der Waals surface area contributed by atoms with Crippen LogP contribution in [0.4, 0.5) is 0 Å². The fourth-order valence-electron chi connectivity index (χ4n) is 2.50. The van der Waals surface area contributed by atoms with Crippen LogP contribution in [0.1, 0.15) is 38.2 Å². The van der Waals surface area contributed by atoms with Crippen molar-refractivity contribution < 1.29 is 9.84 Å². The standard InChI is InChI=1S/C15H23NO2/c1-11-6-8-15(9-7-11)18-12(2)16-13-4-3-5-14(17)10-13/h6-9,12-14,16-17H,3-5,10H2,1-2H3. The summed E-state index contributed by atoms with van der Waals surface area (Å²) in [6.45, 7) is 4.08. The van der Waals surface area contributed by atoms with Crippen LogP contribution in [-0.4, -0.2) is 23.5 Å². The zero-order valence-corrected chi connectivity index (χ0v) is 11.2. The van der Waals surface area contributed by atoms with Gasteiger partial charge in [-0.15, -0.1) is 0 Å². The molecule has 18 heavy (non-hydrogen) atoms. The van der Waals surface area contributed by atoms with E-state index in [1.165, 1.54) is 5.56 Å². The molecular weight excluding hydrogens is 226 g/mol. The highest BCUT2D eigenvalue weighted by Crippen LogP contribution is 2.19. The first-order chi connectivity index (χ1) is 8.63. The Morgan fingerprint density at radius 2 is 2.00 bits per heavy atom. The predicted octanol–water partition coefficient (Wildman–Crippen LogP) is 2.61. The molecule has 100 valence electrons. The number of nitrogens with one attached hydrogen (secondary N) is 1. The first kappa shape index (κ1) is 13.4. The van der Waals surface area contributed by atoms with Crippen molar-refractivity contribution in [3.63, 3.8) is 0 Å². The third-order valence-electron chi connectivity index (χ3n) is 3.45. The van der Waals surface area contributed by atoms with Gasteiger partial charge in [0.15, 0.2) is 0 Å². The summed E-state index contributed by atoms with van der Waals surface area (Å²) in [4.78, 5) is 0. The molecule has 1 aliphatic carbocycles. The number of rotatable bonds is 4. The van der Waals surface area contributed by atoms with E-state index in [2.05, 4.69) is 12.2 Å². The molecule has 1 fully saturated rings. The minimum atomic E-state index is -0.150. The Labute approximate surface area is 109 Å². The lowest BCUT2D eigenvalue weighted by Crippen LogP contribution is -2.43. The van der Waals surface area contributed by atoms with Crippen molar-refractivity contribution in [2.24, 2.45) is 0 Å². The Morgan fingerprint density at radius 3 is 2.67 bits per heavy atom. The molecule has 1 saturated carbocycles. The van der Waals surface area contributed by atoms with Gasteiger partial charge in [0.1, 0.15) is 12.0 Å². The fraction of sp³-hybridized carbons (Fsp3) is 0.600. The zero-order valence-electron chi connectivity index (χ0n) is 11.2. The van der Waals surface area contributed by atoms with Gasteiger partial charge >= 0.3 is 0 Å². The van der Waals surface area contributed by atoms with E-state index in [1.54, 1.807) is 0 Å². The number of aliphatic hydroxyl groups is 1. The van der Waals surface area contributed by atoms with Gasteiger partial charge < -0.3 is 9.84 Å². The zero-order chi connectivity index (χ0) is 13.0. The van der Waals surface area contributed by atoms with E-state index in [0.717, 1.165) is 31.4 Å². The molecule has 3 heteroatoms. The topological polar surface area (TPSA) is 41.5 Å². The monoisotopic (exact) mass is 249 g/mol. The highest BCUT2D eigenvalue weighted by molar-refractivity contribution is 5.26. The van der Waals surface area contributed by atoms with E-state index in [0.29, 0.717) is 6.04 Å². The highest BCUT2D eigenvalue weighted by Gasteiger charge is 2.21. The molecule has 1 aromatic rings. The Kier molecular flexibility index (Phi) is 4.61. The Hall–Kier alpha value is -1.06. The van der Waals surface area contributed by atoms with Crippen LogP contribution < -0.4 is 10.1 Å². The Bertz CT molecular complexity index is 363. The van der Waals surface area contributed by atoms with E-state index in [1.807, 2.05) is 31.2 Å². The first-order valence-electron chi connectivity index (χ1n) is 6.81. The Morgan fingerprint density at radius 1 is 1.28 bits per heavy atom. The second-order valence-electron chi connectivity index (χ2n) is 5.26. The first-order valence-corrected chi connectivity index (χ1v) is 6.81. The average molecular weight is 249 g/mol. The average Bonchev–Trinajstić information content (AvgIpc) is 2.32. The maximum atomic E-state index is 9.63. The van der Waals surface area contributed by atoms with Crippen LogP contribution in [0.3, 0.4) is 0 Å². The molecule has 0 saturated heterocycles. The fourth-order valence-corrected chi connectivity index (χ4v) is 2.50.